The number of carbonyl (C=O) groups excluding carboxylic acids is 1. The first-order valence-corrected chi connectivity index (χ1v) is 12.4. The van der Waals surface area contributed by atoms with Crippen molar-refractivity contribution in [3.8, 4) is 0 Å². The van der Waals surface area contributed by atoms with E-state index in [0.717, 1.165) is 50.4 Å². The van der Waals surface area contributed by atoms with E-state index >= 15 is 0 Å². The highest BCUT2D eigenvalue weighted by atomic mass is 127. The Morgan fingerprint density at radius 2 is 1.97 bits per heavy atom. The van der Waals surface area contributed by atoms with Crippen LogP contribution in [-0.2, 0) is 15.6 Å². The van der Waals surface area contributed by atoms with Crippen molar-refractivity contribution >= 4 is 46.6 Å². The topological polar surface area (TPSA) is 73.8 Å². The molecule has 0 aliphatic heterocycles. The third kappa shape index (κ3) is 11.5. The maximum atomic E-state index is 12.2. The van der Waals surface area contributed by atoms with Gasteiger partial charge in [0.2, 0.25) is 5.91 Å². The van der Waals surface area contributed by atoms with Crippen LogP contribution in [0.5, 0.6) is 0 Å². The summed E-state index contributed by atoms with van der Waals surface area (Å²) in [5.74, 6) is 2.05. The second-order valence-electron chi connectivity index (χ2n) is 8.05. The Balaban J connectivity index is 0.00000784. The molecule has 4 atom stereocenters. The second-order valence-corrected chi connectivity index (χ2v) is 10.1. The van der Waals surface area contributed by atoms with Gasteiger partial charge in [-0.3, -0.25) is 9.00 Å². The lowest BCUT2D eigenvalue weighted by atomic mass is 9.95. The monoisotopic (exact) mass is 542 g/mol. The first kappa shape index (κ1) is 28.6. The van der Waals surface area contributed by atoms with Gasteiger partial charge in [-0.05, 0) is 31.6 Å². The number of likely N-dealkylation sites (N-methyl/N-ethyl adjacent to an activating group) is 1. The van der Waals surface area contributed by atoms with Gasteiger partial charge in [0, 0.05) is 48.5 Å². The Morgan fingerprint density at radius 1 is 1.24 bits per heavy atom. The Kier molecular flexibility index (Phi) is 16.1. The van der Waals surface area contributed by atoms with Crippen LogP contribution in [0.2, 0.25) is 0 Å². The molecule has 1 rings (SSSR count). The third-order valence-corrected chi connectivity index (χ3v) is 7.34. The summed E-state index contributed by atoms with van der Waals surface area (Å²) in [5.41, 5.74) is 0. The average molecular weight is 543 g/mol. The molecule has 29 heavy (non-hydrogen) atoms. The number of hydrogen-bond acceptors (Lipinski definition) is 3. The Bertz CT molecular complexity index is 517. The fraction of sp³-hybridized carbons (Fsp3) is 0.905. The van der Waals surface area contributed by atoms with Crippen molar-refractivity contribution in [1.29, 1.82) is 0 Å². The molecule has 0 radical (unpaired) electrons. The molecule has 8 heteroatoms. The minimum Gasteiger partial charge on any atom is -0.356 e. The molecule has 0 aromatic rings. The molecule has 1 aliphatic rings. The van der Waals surface area contributed by atoms with Gasteiger partial charge in [-0.1, -0.05) is 46.5 Å². The van der Waals surface area contributed by atoms with E-state index in [-0.39, 0.29) is 47.7 Å². The number of carbonyl (C=O) groups is 1. The molecule has 0 spiro atoms. The summed E-state index contributed by atoms with van der Waals surface area (Å²) in [5, 5.41) is 7.27. The van der Waals surface area contributed by atoms with E-state index in [4.69, 9.17) is 0 Å². The Morgan fingerprint density at radius 3 is 2.55 bits per heavy atom. The van der Waals surface area contributed by atoms with Gasteiger partial charge in [-0.15, -0.1) is 24.0 Å². The Labute approximate surface area is 197 Å². The predicted octanol–water partition coefficient (Wildman–Crippen LogP) is 3.52. The van der Waals surface area contributed by atoms with Crippen molar-refractivity contribution in [3.05, 3.63) is 0 Å². The summed E-state index contributed by atoms with van der Waals surface area (Å²) in [4.78, 5) is 18.1. The molecule has 1 fully saturated rings. The van der Waals surface area contributed by atoms with E-state index in [1.54, 1.807) is 19.0 Å². The minimum absolute atomic E-state index is 0. The normalized spacial score (nSPS) is 21.6. The average Bonchev–Trinajstić information content (AvgIpc) is 2.70. The molecule has 0 saturated heterocycles. The van der Waals surface area contributed by atoms with Gasteiger partial charge < -0.3 is 15.5 Å². The van der Waals surface area contributed by atoms with Crippen molar-refractivity contribution in [2.24, 2.45) is 10.9 Å². The molecular weight excluding hydrogens is 499 g/mol. The number of nitrogens with one attached hydrogen (secondary N) is 2. The summed E-state index contributed by atoms with van der Waals surface area (Å²) in [6.07, 6.45) is 8.92. The lowest BCUT2D eigenvalue weighted by Gasteiger charge is -2.30. The van der Waals surface area contributed by atoms with E-state index in [9.17, 15) is 9.00 Å². The first-order chi connectivity index (χ1) is 13.4. The lowest BCUT2D eigenvalue weighted by molar-refractivity contribution is -0.127. The number of hydrogen-bond donors (Lipinski definition) is 2. The van der Waals surface area contributed by atoms with Crippen molar-refractivity contribution in [3.63, 3.8) is 0 Å². The zero-order valence-corrected chi connectivity index (χ0v) is 22.2. The third-order valence-electron chi connectivity index (χ3n) is 5.60. The highest BCUT2D eigenvalue weighted by Gasteiger charge is 2.26. The largest absolute Gasteiger partial charge is 0.356 e. The second kappa shape index (κ2) is 16.3. The minimum atomic E-state index is -0.744. The van der Waals surface area contributed by atoms with E-state index < -0.39 is 10.8 Å². The molecule has 4 unspecified atom stereocenters. The van der Waals surface area contributed by atoms with Crippen LogP contribution < -0.4 is 10.6 Å². The highest BCUT2D eigenvalue weighted by molar-refractivity contribution is 14.0. The van der Waals surface area contributed by atoms with Crippen LogP contribution >= 0.6 is 24.0 Å². The van der Waals surface area contributed by atoms with Gasteiger partial charge in [0.25, 0.3) is 0 Å². The molecule has 0 heterocycles. The van der Waals surface area contributed by atoms with Crippen molar-refractivity contribution in [2.75, 3.05) is 32.9 Å². The molecule has 0 bridgehead atoms. The van der Waals surface area contributed by atoms with E-state index in [1.165, 1.54) is 19.3 Å². The van der Waals surface area contributed by atoms with Crippen LogP contribution in [0.1, 0.15) is 72.1 Å². The van der Waals surface area contributed by atoms with Crippen LogP contribution in [-0.4, -0.2) is 65.2 Å². The summed E-state index contributed by atoms with van der Waals surface area (Å²) >= 11 is 0. The SMILES string of the molecule is CCCCC(CC)CNC(=NCC(=O)N(C)C)NC1CCCC(S(=O)CC)C1.I. The van der Waals surface area contributed by atoms with E-state index in [1.807, 2.05) is 6.92 Å². The maximum absolute atomic E-state index is 12.2. The molecular formula is C21H43IN4O2S. The molecule has 6 nitrogen and oxygen atoms in total. The van der Waals surface area contributed by atoms with Crippen LogP contribution in [0.3, 0.4) is 0 Å². The van der Waals surface area contributed by atoms with Gasteiger partial charge >= 0.3 is 0 Å². The maximum Gasteiger partial charge on any atom is 0.243 e. The molecule has 1 amide bonds. The summed E-state index contributed by atoms with van der Waals surface area (Å²) in [7, 11) is 2.76. The van der Waals surface area contributed by atoms with E-state index in [0.29, 0.717) is 5.92 Å². The summed E-state index contributed by atoms with van der Waals surface area (Å²) < 4.78 is 12.2. The van der Waals surface area contributed by atoms with Crippen molar-refractivity contribution in [1.82, 2.24) is 15.5 Å². The van der Waals surface area contributed by atoms with Crippen LogP contribution in [0.25, 0.3) is 0 Å². The van der Waals surface area contributed by atoms with Crippen molar-refractivity contribution in [2.45, 2.75) is 83.4 Å². The van der Waals surface area contributed by atoms with Crippen LogP contribution in [0.4, 0.5) is 0 Å². The fourth-order valence-corrected chi connectivity index (χ4v) is 4.92. The van der Waals surface area contributed by atoms with Gasteiger partial charge in [0.1, 0.15) is 6.54 Å². The van der Waals surface area contributed by atoms with Crippen LogP contribution in [0.15, 0.2) is 4.99 Å². The molecule has 1 saturated carbocycles. The number of amides is 1. The van der Waals surface area contributed by atoms with Gasteiger partial charge in [-0.2, -0.15) is 0 Å². The smallest absolute Gasteiger partial charge is 0.243 e. The standard InChI is InChI=1S/C21H42N4O2S.HI/c1-6-9-11-17(7-2)15-22-21(23-16-20(26)25(4)5)24-18-12-10-13-19(14-18)28(27)8-3;/h17-19H,6-16H2,1-5H3,(H2,22,23,24);1H. The summed E-state index contributed by atoms with van der Waals surface area (Å²) in [6, 6.07) is 0.269. The fourth-order valence-electron chi connectivity index (χ4n) is 3.57. The number of nitrogens with zero attached hydrogens (tertiary/aromatic N) is 2. The van der Waals surface area contributed by atoms with E-state index in [2.05, 4.69) is 29.5 Å². The molecule has 0 aromatic heterocycles. The molecule has 0 aromatic carbocycles. The zero-order chi connectivity index (χ0) is 20.9. The number of guanidine groups is 1. The van der Waals surface area contributed by atoms with Crippen LogP contribution in [0, 0.1) is 5.92 Å². The Hall–Kier alpha value is -0.380. The summed E-state index contributed by atoms with van der Waals surface area (Å²) in [6.45, 7) is 7.46. The quantitative estimate of drug-likeness (QED) is 0.238. The molecule has 1 aliphatic carbocycles. The molecule has 2 N–H and O–H groups in total. The zero-order valence-electron chi connectivity index (χ0n) is 19.0. The van der Waals surface area contributed by atoms with Gasteiger partial charge in [0.05, 0.1) is 0 Å². The number of rotatable bonds is 11. The van der Waals surface area contributed by atoms with Crippen molar-refractivity contribution < 1.29 is 9.00 Å². The predicted molar refractivity (Wildman–Crippen MR) is 136 cm³/mol. The van der Waals surface area contributed by atoms with Gasteiger partial charge in [-0.25, -0.2) is 4.99 Å². The first-order valence-electron chi connectivity index (χ1n) is 11.0. The van der Waals surface area contributed by atoms with Gasteiger partial charge in [0.15, 0.2) is 5.96 Å². The number of unbranched alkanes of at least 4 members (excludes halogenated alkanes) is 1. The molecule has 172 valence electrons. The highest BCUT2D eigenvalue weighted by Crippen LogP contribution is 2.23. The number of aliphatic imine (C=N–C) groups is 1. The lowest BCUT2D eigenvalue weighted by Crippen LogP contribution is -2.48. The number of halogens is 1.